The standard InChI is InChI=1S/C15H17BrF3NO/c1-9-8-12(6-7-13(9)16)20-14(21)10-2-4-11(5-3-10)15(17,18)19/h6-8,10-11H,2-5H2,1H3,(H,20,21). The molecule has 0 heterocycles. The van der Waals surface area contributed by atoms with Gasteiger partial charge in [0.1, 0.15) is 0 Å². The number of halogens is 4. The van der Waals surface area contributed by atoms with E-state index in [-0.39, 0.29) is 24.7 Å². The first kappa shape index (κ1) is 16.3. The van der Waals surface area contributed by atoms with Crippen molar-refractivity contribution < 1.29 is 18.0 Å². The van der Waals surface area contributed by atoms with Crippen molar-refractivity contribution in [2.75, 3.05) is 5.32 Å². The summed E-state index contributed by atoms with van der Waals surface area (Å²) in [5, 5.41) is 2.79. The maximum absolute atomic E-state index is 12.6. The van der Waals surface area contributed by atoms with Crippen LogP contribution in [0.15, 0.2) is 22.7 Å². The van der Waals surface area contributed by atoms with Gasteiger partial charge in [-0.05, 0) is 56.4 Å². The van der Waals surface area contributed by atoms with Gasteiger partial charge in [0, 0.05) is 16.1 Å². The summed E-state index contributed by atoms with van der Waals surface area (Å²) in [6.45, 7) is 1.91. The van der Waals surface area contributed by atoms with Crippen LogP contribution in [-0.4, -0.2) is 12.1 Å². The molecule has 0 aromatic heterocycles. The van der Waals surface area contributed by atoms with Gasteiger partial charge >= 0.3 is 6.18 Å². The molecular formula is C15H17BrF3NO. The summed E-state index contributed by atoms with van der Waals surface area (Å²) in [4.78, 5) is 12.1. The Morgan fingerprint density at radius 1 is 1.24 bits per heavy atom. The summed E-state index contributed by atoms with van der Waals surface area (Å²) >= 11 is 3.38. The molecular weight excluding hydrogens is 347 g/mol. The van der Waals surface area contributed by atoms with E-state index in [2.05, 4.69) is 21.2 Å². The molecule has 1 N–H and O–H groups in total. The molecule has 0 aliphatic heterocycles. The minimum absolute atomic E-state index is 0.0426. The predicted octanol–water partition coefficient (Wildman–Crippen LogP) is 5.06. The molecule has 1 aliphatic carbocycles. The average molecular weight is 364 g/mol. The summed E-state index contributed by atoms with van der Waals surface area (Å²) in [5.41, 5.74) is 1.67. The number of benzene rings is 1. The van der Waals surface area contributed by atoms with E-state index in [9.17, 15) is 18.0 Å². The first-order valence-corrected chi connectivity index (χ1v) is 7.70. The SMILES string of the molecule is Cc1cc(NC(=O)C2CCC(C(F)(F)F)CC2)ccc1Br. The second kappa shape index (κ2) is 6.38. The highest BCUT2D eigenvalue weighted by Gasteiger charge is 2.42. The van der Waals surface area contributed by atoms with E-state index in [1.807, 2.05) is 19.1 Å². The van der Waals surface area contributed by atoms with E-state index >= 15 is 0 Å². The van der Waals surface area contributed by atoms with Gasteiger partial charge in [-0.1, -0.05) is 15.9 Å². The Kier molecular flexibility index (Phi) is 4.96. The molecule has 1 saturated carbocycles. The van der Waals surface area contributed by atoms with Crippen LogP contribution in [-0.2, 0) is 4.79 Å². The molecule has 1 aliphatic rings. The largest absolute Gasteiger partial charge is 0.391 e. The second-order valence-corrected chi connectivity index (χ2v) is 6.40. The Hall–Kier alpha value is -1.04. The van der Waals surface area contributed by atoms with Crippen LogP contribution < -0.4 is 5.32 Å². The van der Waals surface area contributed by atoms with Gasteiger partial charge in [0.05, 0.1) is 5.92 Å². The molecule has 116 valence electrons. The number of carbonyl (C=O) groups excluding carboxylic acids is 1. The number of alkyl halides is 3. The lowest BCUT2D eigenvalue weighted by Gasteiger charge is -2.29. The Morgan fingerprint density at radius 2 is 1.86 bits per heavy atom. The number of hydrogen-bond acceptors (Lipinski definition) is 1. The van der Waals surface area contributed by atoms with Crippen LogP contribution in [0.5, 0.6) is 0 Å². The maximum atomic E-state index is 12.6. The highest BCUT2D eigenvalue weighted by Crippen LogP contribution is 2.39. The normalized spacial score (nSPS) is 22.9. The Labute approximate surface area is 130 Å². The smallest absolute Gasteiger partial charge is 0.326 e. The number of anilines is 1. The molecule has 1 aromatic rings. The summed E-state index contributed by atoms with van der Waals surface area (Å²) in [5.74, 6) is -1.76. The summed E-state index contributed by atoms with van der Waals surface area (Å²) in [6, 6.07) is 5.45. The average Bonchev–Trinajstić information content (AvgIpc) is 2.42. The first-order valence-electron chi connectivity index (χ1n) is 6.91. The van der Waals surface area contributed by atoms with Crippen LogP contribution in [0.2, 0.25) is 0 Å². The van der Waals surface area contributed by atoms with Gasteiger partial charge < -0.3 is 5.32 Å². The van der Waals surface area contributed by atoms with Crippen LogP contribution >= 0.6 is 15.9 Å². The van der Waals surface area contributed by atoms with Crippen molar-refractivity contribution in [3.63, 3.8) is 0 Å². The number of amides is 1. The number of nitrogens with one attached hydrogen (secondary N) is 1. The van der Waals surface area contributed by atoms with Gasteiger partial charge in [0.25, 0.3) is 0 Å². The number of hydrogen-bond donors (Lipinski definition) is 1. The van der Waals surface area contributed by atoms with Crippen molar-refractivity contribution in [3.05, 3.63) is 28.2 Å². The molecule has 6 heteroatoms. The highest BCUT2D eigenvalue weighted by molar-refractivity contribution is 9.10. The molecule has 0 unspecified atom stereocenters. The zero-order valence-corrected chi connectivity index (χ0v) is 13.2. The Bertz CT molecular complexity index is 522. The van der Waals surface area contributed by atoms with Gasteiger partial charge in [-0.25, -0.2) is 0 Å². The van der Waals surface area contributed by atoms with Gasteiger partial charge in [-0.3, -0.25) is 4.79 Å². The van der Waals surface area contributed by atoms with E-state index < -0.39 is 12.1 Å². The summed E-state index contributed by atoms with van der Waals surface area (Å²) in [6.07, 6.45) is -3.46. The van der Waals surface area contributed by atoms with Crippen LogP contribution in [0.25, 0.3) is 0 Å². The van der Waals surface area contributed by atoms with E-state index in [0.29, 0.717) is 18.5 Å². The Morgan fingerprint density at radius 3 is 2.38 bits per heavy atom. The molecule has 1 amide bonds. The lowest BCUT2D eigenvalue weighted by molar-refractivity contribution is -0.184. The van der Waals surface area contributed by atoms with E-state index in [4.69, 9.17) is 0 Å². The molecule has 1 aromatic carbocycles. The second-order valence-electron chi connectivity index (χ2n) is 5.54. The molecule has 2 rings (SSSR count). The minimum Gasteiger partial charge on any atom is -0.326 e. The molecule has 0 radical (unpaired) electrons. The van der Waals surface area contributed by atoms with Gasteiger partial charge in [-0.2, -0.15) is 13.2 Å². The van der Waals surface area contributed by atoms with Crippen molar-refractivity contribution in [2.24, 2.45) is 11.8 Å². The maximum Gasteiger partial charge on any atom is 0.391 e. The molecule has 2 nitrogen and oxygen atoms in total. The third kappa shape index (κ3) is 4.22. The van der Waals surface area contributed by atoms with Crippen molar-refractivity contribution in [1.29, 1.82) is 0 Å². The number of aryl methyl sites for hydroxylation is 1. The van der Waals surface area contributed by atoms with Crippen LogP contribution in [0.1, 0.15) is 31.2 Å². The zero-order chi connectivity index (χ0) is 15.6. The lowest BCUT2D eigenvalue weighted by Crippen LogP contribution is -2.32. The zero-order valence-electron chi connectivity index (χ0n) is 11.6. The van der Waals surface area contributed by atoms with Crippen LogP contribution in [0, 0.1) is 18.8 Å². The minimum atomic E-state index is -4.13. The number of carbonyl (C=O) groups is 1. The lowest BCUT2D eigenvalue weighted by atomic mass is 9.81. The highest BCUT2D eigenvalue weighted by atomic mass is 79.9. The van der Waals surface area contributed by atoms with Crippen molar-refractivity contribution >= 4 is 27.5 Å². The van der Waals surface area contributed by atoms with Crippen LogP contribution in [0.3, 0.4) is 0 Å². The van der Waals surface area contributed by atoms with E-state index in [1.165, 1.54) is 0 Å². The topological polar surface area (TPSA) is 29.1 Å². The summed E-state index contributed by atoms with van der Waals surface area (Å²) < 4.78 is 38.7. The van der Waals surface area contributed by atoms with Crippen molar-refractivity contribution in [3.8, 4) is 0 Å². The first-order chi connectivity index (χ1) is 9.77. The fraction of sp³-hybridized carbons (Fsp3) is 0.533. The molecule has 0 saturated heterocycles. The van der Waals surface area contributed by atoms with Gasteiger partial charge in [-0.15, -0.1) is 0 Å². The van der Waals surface area contributed by atoms with E-state index in [1.54, 1.807) is 6.07 Å². The quantitative estimate of drug-likeness (QED) is 0.781. The van der Waals surface area contributed by atoms with Gasteiger partial charge in [0.2, 0.25) is 5.91 Å². The third-order valence-electron chi connectivity index (χ3n) is 3.99. The van der Waals surface area contributed by atoms with Gasteiger partial charge in [0.15, 0.2) is 0 Å². The number of rotatable bonds is 2. The molecule has 21 heavy (non-hydrogen) atoms. The summed E-state index contributed by atoms with van der Waals surface area (Å²) in [7, 11) is 0. The van der Waals surface area contributed by atoms with E-state index in [0.717, 1.165) is 10.0 Å². The molecule has 0 bridgehead atoms. The third-order valence-corrected chi connectivity index (χ3v) is 4.88. The van der Waals surface area contributed by atoms with Crippen molar-refractivity contribution in [2.45, 2.75) is 38.8 Å². The molecule has 0 atom stereocenters. The predicted molar refractivity (Wildman–Crippen MR) is 79.0 cm³/mol. The fourth-order valence-electron chi connectivity index (χ4n) is 2.65. The fourth-order valence-corrected chi connectivity index (χ4v) is 2.90. The monoisotopic (exact) mass is 363 g/mol. The van der Waals surface area contributed by atoms with Crippen molar-refractivity contribution in [1.82, 2.24) is 0 Å². The Balaban J connectivity index is 1.92. The molecule has 1 fully saturated rings. The van der Waals surface area contributed by atoms with Crippen LogP contribution in [0.4, 0.5) is 18.9 Å². The molecule has 0 spiro atoms.